The monoisotopic (exact) mass is 330 g/mol. The Morgan fingerprint density at radius 3 is 2.50 bits per heavy atom. The largest absolute Gasteiger partial charge is 1.00 e. The Morgan fingerprint density at radius 2 is 1.86 bits per heavy atom. The number of aryl methyl sites for hydroxylation is 1. The minimum absolute atomic E-state index is 0. The van der Waals surface area contributed by atoms with Crippen LogP contribution in [0.3, 0.4) is 0 Å². The molecule has 0 aromatic heterocycles. The van der Waals surface area contributed by atoms with Crippen LogP contribution in [-0.4, -0.2) is 13.6 Å². The molecule has 1 unspecified atom stereocenters. The number of rotatable bonds is 4. The Balaban J connectivity index is 0.00000176. The number of hydrogen-bond donors (Lipinski definition) is 0. The third-order valence-electron chi connectivity index (χ3n) is 4.01. The summed E-state index contributed by atoms with van der Waals surface area (Å²) in [5.74, 6) is 0.841. The molecule has 6 heteroatoms. The number of halogens is 3. The molecule has 0 spiro atoms. The maximum Gasteiger partial charge on any atom is 1.00 e. The van der Waals surface area contributed by atoms with Gasteiger partial charge in [0, 0.05) is 5.92 Å². The Bertz CT molecular complexity index is 673. The number of ether oxygens (including phenoxy) is 1. The van der Waals surface area contributed by atoms with Crippen LogP contribution in [-0.2, 0) is 6.42 Å². The molecule has 0 heterocycles. The maximum atomic E-state index is 12.7. The molecule has 2 aromatic rings. The van der Waals surface area contributed by atoms with E-state index in [9.17, 15) is 12.9 Å². The molecule has 0 radical (unpaired) electrons. The van der Waals surface area contributed by atoms with E-state index in [1.54, 1.807) is 0 Å². The van der Waals surface area contributed by atoms with Gasteiger partial charge in [-0.15, -0.1) is 5.46 Å². The summed E-state index contributed by atoms with van der Waals surface area (Å²) in [7, 11) is 0. The van der Waals surface area contributed by atoms with Gasteiger partial charge in [0.25, 0.3) is 0 Å². The van der Waals surface area contributed by atoms with Crippen LogP contribution in [0.2, 0.25) is 0 Å². The van der Waals surface area contributed by atoms with Crippen molar-refractivity contribution >= 4 is 12.4 Å². The molecule has 0 N–H and O–H groups in total. The van der Waals surface area contributed by atoms with Crippen molar-refractivity contribution in [1.82, 2.24) is 0 Å². The summed E-state index contributed by atoms with van der Waals surface area (Å²) in [4.78, 5) is 0. The van der Waals surface area contributed by atoms with E-state index in [0.29, 0.717) is 18.3 Å². The zero-order chi connectivity index (χ0) is 15.0. The fourth-order valence-corrected chi connectivity index (χ4v) is 2.81. The Hall–Kier alpha value is -0.269. The van der Waals surface area contributed by atoms with Crippen LogP contribution in [0.5, 0.6) is 5.75 Å². The topological polar surface area (TPSA) is 9.23 Å². The molecule has 0 saturated heterocycles. The van der Waals surface area contributed by atoms with Crippen molar-refractivity contribution in [2.45, 2.75) is 19.3 Å². The first-order valence-electron chi connectivity index (χ1n) is 6.96. The first-order chi connectivity index (χ1) is 9.95. The van der Waals surface area contributed by atoms with E-state index < -0.39 is 12.4 Å². The molecule has 1 atom stereocenters. The second-order valence-corrected chi connectivity index (χ2v) is 5.50. The molecule has 0 fully saturated rings. The van der Waals surface area contributed by atoms with Crippen molar-refractivity contribution in [1.29, 1.82) is 0 Å². The van der Waals surface area contributed by atoms with Crippen molar-refractivity contribution in [3.05, 3.63) is 59.2 Å². The smallest absolute Gasteiger partial charge is 0.493 e. The molecular formula is C16H15BF3KO. The van der Waals surface area contributed by atoms with Crippen molar-refractivity contribution in [3.63, 3.8) is 0 Å². The molecule has 0 aliphatic heterocycles. The van der Waals surface area contributed by atoms with Gasteiger partial charge in [-0.05, 0) is 36.6 Å². The van der Waals surface area contributed by atoms with Crippen LogP contribution >= 0.6 is 0 Å². The van der Waals surface area contributed by atoms with Gasteiger partial charge in [0.05, 0.1) is 6.61 Å². The van der Waals surface area contributed by atoms with E-state index in [0.717, 1.165) is 12.5 Å². The average molecular weight is 330 g/mol. The SMILES string of the molecule is Cc1cc(OCC2Cc3ccccc32)ccc1[B-](F)(F)F.[K+]. The molecule has 3 rings (SSSR count). The first-order valence-corrected chi connectivity index (χ1v) is 6.96. The van der Waals surface area contributed by atoms with Crippen molar-refractivity contribution in [2.75, 3.05) is 6.61 Å². The van der Waals surface area contributed by atoms with Crippen LogP contribution in [0.15, 0.2) is 42.5 Å². The molecule has 110 valence electrons. The van der Waals surface area contributed by atoms with Gasteiger partial charge in [0.1, 0.15) is 5.75 Å². The maximum absolute atomic E-state index is 12.7. The van der Waals surface area contributed by atoms with Gasteiger partial charge in [-0.25, -0.2) is 0 Å². The van der Waals surface area contributed by atoms with Gasteiger partial charge < -0.3 is 17.7 Å². The van der Waals surface area contributed by atoms with Crippen LogP contribution in [0.1, 0.15) is 22.6 Å². The van der Waals surface area contributed by atoms with Gasteiger partial charge in [-0.3, -0.25) is 0 Å². The Morgan fingerprint density at radius 1 is 1.14 bits per heavy atom. The van der Waals surface area contributed by atoms with E-state index in [4.69, 9.17) is 4.74 Å². The summed E-state index contributed by atoms with van der Waals surface area (Å²) in [6, 6.07) is 12.2. The molecule has 1 nitrogen and oxygen atoms in total. The minimum Gasteiger partial charge on any atom is -0.493 e. The van der Waals surface area contributed by atoms with Gasteiger partial charge in [0.2, 0.25) is 0 Å². The Labute approximate surface area is 170 Å². The molecule has 0 saturated carbocycles. The quantitative estimate of drug-likeness (QED) is 0.753. The normalized spacial score (nSPS) is 16.3. The second-order valence-electron chi connectivity index (χ2n) is 5.50. The summed E-state index contributed by atoms with van der Waals surface area (Å²) >= 11 is 0. The Kier molecular flexibility index (Phi) is 5.83. The molecule has 1 aliphatic rings. The fraction of sp³-hybridized carbons (Fsp3) is 0.250. The summed E-state index contributed by atoms with van der Waals surface area (Å²) in [5.41, 5.74) is 2.28. The summed E-state index contributed by atoms with van der Waals surface area (Å²) in [5, 5.41) is 0. The standard InChI is InChI=1S/C16H15BF3O.K/c1-11-8-14(6-7-16(11)17(18,19)20)21-10-13-9-12-4-2-3-5-15(12)13;/h2-8,13H,9-10H2,1H3;/q-1;+1. The molecular weight excluding hydrogens is 315 g/mol. The van der Waals surface area contributed by atoms with Gasteiger partial charge in [-0.1, -0.05) is 35.9 Å². The molecule has 22 heavy (non-hydrogen) atoms. The van der Waals surface area contributed by atoms with Crippen molar-refractivity contribution in [2.24, 2.45) is 0 Å². The predicted octanol–water partition coefficient (Wildman–Crippen LogP) is 0.772. The molecule has 2 aromatic carbocycles. The molecule has 0 amide bonds. The summed E-state index contributed by atoms with van der Waals surface area (Å²) < 4.78 is 43.9. The third-order valence-corrected chi connectivity index (χ3v) is 4.01. The van der Waals surface area contributed by atoms with E-state index in [1.807, 2.05) is 12.1 Å². The van der Waals surface area contributed by atoms with E-state index in [-0.39, 0.29) is 56.9 Å². The first kappa shape index (κ1) is 18.1. The second kappa shape index (κ2) is 7.09. The van der Waals surface area contributed by atoms with Gasteiger partial charge >= 0.3 is 58.4 Å². The number of benzene rings is 2. The van der Waals surface area contributed by atoms with Gasteiger partial charge in [0.15, 0.2) is 0 Å². The van der Waals surface area contributed by atoms with E-state index >= 15 is 0 Å². The third kappa shape index (κ3) is 3.79. The van der Waals surface area contributed by atoms with Crippen LogP contribution in [0, 0.1) is 6.92 Å². The van der Waals surface area contributed by atoms with Crippen molar-refractivity contribution in [3.8, 4) is 5.75 Å². The summed E-state index contributed by atoms with van der Waals surface area (Å²) in [6.45, 7) is -2.98. The summed E-state index contributed by atoms with van der Waals surface area (Å²) in [6.07, 6.45) is 0.971. The zero-order valence-electron chi connectivity index (χ0n) is 12.7. The van der Waals surface area contributed by atoms with Gasteiger partial charge in [-0.2, -0.15) is 0 Å². The minimum atomic E-state index is -4.96. The fourth-order valence-electron chi connectivity index (χ4n) is 2.81. The van der Waals surface area contributed by atoms with Crippen LogP contribution in [0.25, 0.3) is 0 Å². The van der Waals surface area contributed by atoms with Crippen LogP contribution < -0.4 is 61.6 Å². The number of hydrogen-bond acceptors (Lipinski definition) is 1. The van der Waals surface area contributed by atoms with Crippen LogP contribution in [0.4, 0.5) is 12.9 Å². The number of fused-ring (bicyclic) bond motifs is 1. The predicted molar refractivity (Wildman–Crippen MR) is 78.3 cm³/mol. The van der Waals surface area contributed by atoms with E-state index in [1.165, 1.54) is 30.2 Å². The van der Waals surface area contributed by atoms with Crippen molar-refractivity contribution < 1.29 is 69.1 Å². The average Bonchev–Trinajstić information content (AvgIpc) is 2.38. The zero-order valence-corrected chi connectivity index (χ0v) is 15.8. The molecule has 1 aliphatic carbocycles. The molecule has 0 bridgehead atoms. The van der Waals surface area contributed by atoms with E-state index in [2.05, 4.69) is 12.1 Å².